The molecule has 0 aliphatic carbocycles. The summed E-state index contributed by atoms with van der Waals surface area (Å²) in [6.07, 6.45) is 1.81. The molecule has 2 aromatic rings. The molecule has 0 aliphatic rings. The van der Waals surface area contributed by atoms with Gasteiger partial charge in [-0.25, -0.2) is 4.37 Å². The molecule has 0 radical (unpaired) electrons. The number of hydrogen-bond donors (Lipinski definition) is 1. The normalized spacial score (nSPS) is 10.2. The molecule has 0 amide bonds. The molecule has 2 nitrogen and oxygen atoms in total. The summed E-state index contributed by atoms with van der Waals surface area (Å²) in [4.78, 5) is 1.17. The van der Waals surface area contributed by atoms with Gasteiger partial charge in [0.1, 0.15) is 0 Å². The fourth-order valence-electron chi connectivity index (χ4n) is 1.28. The molecule has 0 saturated heterocycles. The summed E-state index contributed by atoms with van der Waals surface area (Å²) in [5.74, 6) is 0. The van der Waals surface area contributed by atoms with Gasteiger partial charge in [-0.05, 0) is 41.7 Å². The second kappa shape index (κ2) is 3.18. The number of nitrogen functional groups attached to an aromatic ring is 1. The van der Waals surface area contributed by atoms with Gasteiger partial charge in [-0.15, -0.1) is 0 Å². The van der Waals surface area contributed by atoms with Crippen molar-refractivity contribution >= 4 is 17.2 Å². The van der Waals surface area contributed by atoms with Crippen LogP contribution >= 0.6 is 11.5 Å². The van der Waals surface area contributed by atoms with Crippen molar-refractivity contribution in [2.45, 2.75) is 6.92 Å². The summed E-state index contributed by atoms with van der Waals surface area (Å²) in [6, 6.07) is 7.96. The number of nitrogens with zero attached hydrogens (tertiary/aromatic N) is 1. The fourth-order valence-corrected chi connectivity index (χ4v) is 1.95. The molecule has 13 heavy (non-hydrogen) atoms. The second-order valence-corrected chi connectivity index (χ2v) is 3.73. The van der Waals surface area contributed by atoms with Crippen molar-refractivity contribution in [1.82, 2.24) is 4.37 Å². The SMILES string of the molecule is Cc1c(N)cccc1-c1ccns1. The van der Waals surface area contributed by atoms with Crippen molar-refractivity contribution in [3.05, 3.63) is 36.0 Å². The molecule has 2 rings (SSSR count). The molecule has 0 fully saturated rings. The summed E-state index contributed by atoms with van der Waals surface area (Å²) < 4.78 is 4.07. The summed E-state index contributed by atoms with van der Waals surface area (Å²) in [6.45, 7) is 2.03. The largest absolute Gasteiger partial charge is 0.398 e. The molecule has 1 aromatic carbocycles. The predicted octanol–water partition coefficient (Wildman–Crippen LogP) is 2.70. The molecular formula is C10H10N2S. The summed E-state index contributed by atoms with van der Waals surface area (Å²) in [5, 5.41) is 0. The molecule has 0 bridgehead atoms. The van der Waals surface area contributed by atoms with Gasteiger partial charge in [-0.3, -0.25) is 0 Å². The lowest BCUT2D eigenvalue weighted by Crippen LogP contribution is -1.90. The molecule has 3 heteroatoms. The minimum atomic E-state index is 0.839. The lowest BCUT2D eigenvalue weighted by Gasteiger charge is -2.04. The van der Waals surface area contributed by atoms with Gasteiger partial charge in [-0.2, -0.15) is 0 Å². The Bertz CT molecular complexity index is 407. The predicted molar refractivity (Wildman–Crippen MR) is 56.7 cm³/mol. The Morgan fingerprint density at radius 2 is 2.15 bits per heavy atom. The van der Waals surface area contributed by atoms with Crippen LogP contribution in [0.3, 0.4) is 0 Å². The van der Waals surface area contributed by atoms with Crippen LogP contribution in [0.25, 0.3) is 10.4 Å². The van der Waals surface area contributed by atoms with Gasteiger partial charge < -0.3 is 5.73 Å². The van der Waals surface area contributed by atoms with E-state index in [0.717, 1.165) is 11.3 Å². The van der Waals surface area contributed by atoms with Crippen molar-refractivity contribution in [3.63, 3.8) is 0 Å². The molecule has 1 aromatic heterocycles. The first-order valence-corrected chi connectivity index (χ1v) is 4.82. The first kappa shape index (κ1) is 8.26. The lowest BCUT2D eigenvalue weighted by molar-refractivity contribution is 1.47. The van der Waals surface area contributed by atoms with E-state index in [4.69, 9.17) is 5.73 Å². The number of rotatable bonds is 1. The molecule has 66 valence electrons. The Hall–Kier alpha value is -1.35. The van der Waals surface area contributed by atoms with E-state index >= 15 is 0 Å². The molecule has 0 aliphatic heterocycles. The lowest BCUT2D eigenvalue weighted by atomic mass is 10.1. The number of aromatic nitrogens is 1. The average molecular weight is 190 g/mol. The highest BCUT2D eigenvalue weighted by Gasteiger charge is 2.04. The molecular weight excluding hydrogens is 180 g/mol. The minimum absolute atomic E-state index is 0.839. The van der Waals surface area contributed by atoms with Crippen LogP contribution in [0.2, 0.25) is 0 Å². The monoisotopic (exact) mass is 190 g/mol. The highest BCUT2D eigenvalue weighted by atomic mass is 32.1. The van der Waals surface area contributed by atoms with Gasteiger partial charge in [0.2, 0.25) is 0 Å². The number of anilines is 1. The fraction of sp³-hybridized carbons (Fsp3) is 0.100. The molecule has 0 spiro atoms. The number of nitrogens with two attached hydrogens (primary N) is 1. The zero-order chi connectivity index (χ0) is 9.26. The molecule has 2 N–H and O–H groups in total. The van der Waals surface area contributed by atoms with Gasteiger partial charge in [0.05, 0.1) is 4.88 Å². The molecule has 1 heterocycles. The summed E-state index contributed by atoms with van der Waals surface area (Å²) >= 11 is 1.49. The van der Waals surface area contributed by atoms with Crippen molar-refractivity contribution in [2.24, 2.45) is 0 Å². The van der Waals surface area contributed by atoms with Crippen LogP contribution in [0.4, 0.5) is 5.69 Å². The first-order valence-electron chi connectivity index (χ1n) is 4.05. The van der Waals surface area contributed by atoms with Crippen LogP contribution in [0.1, 0.15) is 5.56 Å². The van der Waals surface area contributed by atoms with Crippen LogP contribution in [-0.2, 0) is 0 Å². The van der Waals surface area contributed by atoms with Gasteiger partial charge >= 0.3 is 0 Å². The van der Waals surface area contributed by atoms with Crippen molar-refractivity contribution < 1.29 is 0 Å². The number of benzene rings is 1. The molecule has 0 unspecified atom stereocenters. The quantitative estimate of drug-likeness (QED) is 0.702. The zero-order valence-corrected chi connectivity index (χ0v) is 8.14. The summed E-state index contributed by atoms with van der Waals surface area (Å²) in [5.41, 5.74) is 8.96. The highest BCUT2D eigenvalue weighted by molar-refractivity contribution is 7.09. The van der Waals surface area contributed by atoms with Crippen LogP contribution in [-0.4, -0.2) is 4.37 Å². The van der Waals surface area contributed by atoms with Crippen molar-refractivity contribution in [1.29, 1.82) is 0 Å². The van der Waals surface area contributed by atoms with Crippen molar-refractivity contribution in [3.8, 4) is 10.4 Å². The third-order valence-corrected chi connectivity index (χ3v) is 2.86. The van der Waals surface area contributed by atoms with E-state index in [1.165, 1.54) is 22.0 Å². The third-order valence-electron chi connectivity index (χ3n) is 2.08. The van der Waals surface area contributed by atoms with E-state index in [1.807, 2.05) is 31.3 Å². The van der Waals surface area contributed by atoms with Crippen molar-refractivity contribution in [2.75, 3.05) is 5.73 Å². The van der Waals surface area contributed by atoms with E-state index in [0.29, 0.717) is 0 Å². The van der Waals surface area contributed by atoms with Crippen LogP contribution in [0, 0.1) is 6.92 Å². The van der Waals surface area contributed by atoms with Gasteiger partial charge in [0.25, 0.3) is 0 Å². The van der Waals surface area contributed by atoms with E-state index in [9.17, 15) is 0 Å². The van der Waals surface area contributed by atoms with Gasteiger partial charge in [-0.1, -0.05) is 12.1 Å². The second-order valence-electron chi connectivity index (χ2n) is 2.90. The minimum Gasteiger partial charge on any atom is -0.398 e. The van der Waals surface area contributed by atoms with Gasteiger partial charge in [0, 0.05) is 11.9 Å². The Morgan fingerprint density at radius 1 is 1.31 bits per heavy atom. The van der Waals surface area contributed by atoms with E-state index in [1.54, 1.807) is 0 Å². The van der Waals surface area contributed by atoms with Crippen LogP contribution < -0.4 is 5.73 Å². The van der Waals surface area contributed by atoms with Crippen LogP contribution in [0.5, 0.6) is 0 Å². The maximum atomic E-state index is 5.81. The van der Waals surface area contributed by atoms with E-state index in [-0.39, 0.29) is 0 Å². The van der Waals surface area contributed by atoms with Crippen LogP contribution in [0.15, 0.2) is 30.5 Å². The highest BCUT2D eigenvalue weighted by Crippen LogP contribution is 2.28. The van der Waals surface area contributed by atoms with E-state index in [2.05, 4.69) is 10.4 Å². The Balaban J connectivity index is 2.59. The van der Waals surface area contributed by atoms with E-state index < -0.39 is 0 Å². The Kier molecular flexibility index (Phi) is 2.02. The average Bonchev–Trinajstić information content (AvgIpc) is 2.62. The molecule has 0 atom stereocenters. The first-order chi connectivity index (χ1) is 6.29. The number of hydrogen-bond acceptors (Lipinski definition) is 3. The Labute approximate surface area is 81.2 Å². The third kappa shape index (κ3) is 1.42. The maximum absolute atomic E-state index is 5.81. The Morgan fingerprint density at radius 3 is 2.85 bits per heavy atom. The molecule has 0 saturated carbocycles. The maximum Gasteiger partial charge on any atom is 0.0553 e. The van der Waals surface area contributed by atoms with Gasteiger partial charge in [0.15, 0.2) is 0 Å². The standard InChI is InChI=1S/C10H10N2S/c1-7-8(3-2-4-9(7)11)10-5-6-12-13-10/h2-6H,11H2,1H3. The zero-order valence-electron chi connectivity index (χ0n) is 7.32. The smallest absolute Gasteiger partial charge is 0.0553 e. The topological polar surface area (TPSA) is 38.9 Å². The summed E-state index contributed by atoms with van der Waals surface area (Å²) in [7, 11) is 0.